The Balaban J connectivity index is 2.00. The summed E-state index contributed by atoms with van der Waals surface area (Å²) in [7, 11) is 2.14. The summed E-state index contributed by atoms with van der Waals surface area (Å²) in [5, 5.41) is 3.43. The standard InChI is InChI=1S/C15H22N4/c1-12(2)16-9-10-19(3)11-13-5-4-6-14-15(13)18-8-7-17-14/h4-8,12,16H,9-11H2,1-3H3. The van der Waals surface area contributed by atoms with Crippen LogP contribution in [0, 0.1) is 0 Å². The van der Waals surface area contributed by atoms with Crippen molar-refractivity contribution in [1.82, 2.24) is 20.2 Å². The molecule has 4 nitrogen and oxygen atoms in total. The molecule has 4 heteroatoms. The van der Waals surface area contributed by atoms with E-state index in [1.165, 1.54) is 5.56 Å². The van der Waals surface area contributed by atoms with Crippen molar-refractivity contribution in [3.63, 3.8) is 0 Å². The van der Waals surface area contributed by atoms with E-state index in [1.54, 1.807) is 12.4 Å². The van der Waals surface area contributed by atoms with Gasteiger partial charge in [-0.15, -0.1) is 0 Å². The fourth-order valence-corrected chi connectivity index (χ4v) is 2.09. The third-order valence-corrected chi connectivity index (χ3v) is 3.07. The van der Waals surface area contributed by atoms with E-state index in [4.69, 9.17) is 0 Å². The Morgan fingerprint density at radius 2 is 2.00 bits per heavy atom. The van der Waals surface area contributed by atoms with Crippen LogP contribution in [0.5, 0.6) is 0 Å². The van der Waals surface area contributed by atoms with Gasteiger partial charge in [0, 0.05) is 38.1 Å². The van der Waals surface area contributed by atoms with Crippen LogP contribution in [0.1, 0.15) is 19.4 Å². The summed E-state index contributed by atoms with van der Waals surface area (Å²) in [6.45, 7) is 7.26. The molecule has 0 atom stereocenters. The Bertz CT molecular complexity index is 519. The third kappa shape index (κ3) is 3.98. The first-order valence-corrected chi connectivity index (χ1v) is 6.77. The number of para-hydroxylation sites is 1. The molecule has 19 heavy (non-hydrogen) atoms. The largest absolute Gasteiger partial charge is 0.313 e. The summed E-state index contributed by atoms with van der Waals surface area (Å²) in [6, 6.07) is 6.72. The van der Waals surface area contributed by atoms with Crippen LogP contribution in [0.2, 0.25) is 0 Å². The molecule has 0 aliphatic carbocycles. The fraction of sp³-hybridized carbons (Fsp3) is 0.467. The molecular formula is C15H22N4. The van der Waals surface area contributed by atoms with Gasteiger partial charge in [0.15, 0.2) is 0 Å². The summed E-state index contributed by atoms with van der Waals surface area (Å²) >= 11 is 0. The first-order valence-electron chi connectivity index (χ1n) is 6.77. The predicted molar refractivity (Wildman–Crippen MR) is 79.0 cm³/mol. The molecule has 0 radical (unpaired) electrons. The van der Waals surface area contributed by atoms with Gasteiger partial charge in [-0.1, -0.05) is 26.0 Å². The normalized spacial score (nSPS) is 11.6. The van der Waals surface area contributed by atoms with Crippen LogP contribution in [0.4, 0.5) is 0 Å². The molecule has 1 N–H and O–H groups in total. The molecule has 0 saturated heterocycles. The van der Waals surface area contributed by atoms with Gasteiger partial charge in [0.2, 0.25) is 0 Å². The Hall–Kier alpha value is -1.52. The zero-order chi connectivity index (χ0) is 13.7. The second-order valence-electron chi connectivity index (χ2n) is 5.19. The second kappa shape index (κ2) is 6.59. The Labute approximate surface area is 114 Å². The Morgan fingerprint density at radius 3 is 2.79 bits per heavy atom. The molecule has 0 spiro atoms. The van der Waals surface area contributed by atoms with E-state index in [9.17, 15) is 0 Å². The van der Waals surface area contributed by atoms with E-state index >= 15 is 0 Å². The van der Waals surface area contributed by atoms with Crippen molar-refractivity contribution in [2.45, 2.75) is 26.4 Å². The van der Waals surface area contributed by atoms with Crippen LogP contribution in [-0.4, -0.2) is 41.0 Å². The predicted octanol–water partition coefficient (Wildman–Crippen LogP) is 2.06. The number of likely N-dealkylation sites (N-methyl/N-ethyl adjacent to an activating group) is 1. The molecule has 2 aromatic rings. The van der Waals surface area contributed by atoms with Crippen molar-refractivity contribution in [1.29, 1.82) is 0 Å². The van der Waals surface area contributed by atoms with Crippen LogP contribution in [0.15, 0.2) is 30.6 Å². The molecular weight excluding hydrogens is 236 g/mol. The second-order valence-corrected chi connectivity index (χ2v) is 5.19. The number of rotatable bonds is 6. The zero-order valence-corrected chi connectivity index (χ0v) is 11.9. The summed E-state index contributed by atoms with van der Waals surface area (Å²) in [5.41, 5.74) is 3.21. The Morgan fingerprint density at radius 1 is 1.21 bits per heavy atom. The number of benzene rings is 1. The number of fused-ring (bicyclic) bond motifs is 1. The minimum absolute atomic E-state index is 0.539. The SMILES string of the molecule is CC(C)NCCN(C)Cc1cccc2nccnc12. The minimum Gasteiger partial charge on any atom is -0.313 e. The highest BCUT2D eigenvalue weighted by Gasteiger charge is 2.06. The summed E-state index contributed by atoms with van der Waals surface area (Å²) < 4.78 is 0. The molecule has 1 aromatic heterocycles. The summed E-state index contributed by atoms with van der Waals surface area (Å²) in [4.78, 5) is 11.1. The molecule has 0 unspecified atom stereocenters. The highest BCUT2D eigenvalue weighted by atomic mass is 15.1. The molecule has 0 amide bonds. The third-order valence-electron chi connectivity index (χ3n) is 3.07. The average molecular weight is 258 g/mol. The molecule has 1 heterocycles. The van der Waals surface area contributed by atoms with E-state index in [0.29, 0.717) is 6.04 Å². The highest BCUT2D eigenvalue weighted by Crippen LogP contribution is 2.15. The first-order chi connectivity index (χ1) is 9.16. The van der Waals surface area contributed by atoms with Gasteiger partial charge in [-0.3, -0.25) is 9.97 Å². The lowest BCUT2D eigenvalue weighted by molar-refractivity contribution is 0.321. The van der Waals surface area contributed by atoms with Crippen LogP contribution < -0.4 is 5.32 Å². The van der Waals surface area contributed by atoms with Gasteiger partial charge in [-0.05, 0) is 18.7 Å². The van der Waals surface area contributed by atoms with Crippen molar-refractivity contribution in [2.75, 3.05) is 20.1 Å². The van der Waals surface area contributed by atoms with Gasteiger partial charge in [0.1, 0.15) is 0 Å². The topological polar surface area (TPSA) is 41.0 Å². The van der Waals surface area contributed by atoms with Gasteiger partial charge in [0.05, 0.1) is 11.0 Å². The zero-order valence-electron chi connectivity index (χ0n) is 11.9. The van der Waals surface area contributed by atoms with E-state index in [-0.39, 0.29) is 0 Å². The number of aromatic nitrogens is 2. The first kappa shape index (κ1) is 13.9. The molecule has 0 aliphatic rings. The minimum atomic E-state index is 0.539. The number of hydrogen-bond donors (Lipinski definition) is 1. The summed E-state index contributed by atoms with van der Waals surface area (Å²) in [6.07, 6.45) is 3.49. The van der Waals surface area contributed by atoms with E-state index < -0.39 is 0 Å². The van der Waals surface area contributed by atoms with Gasteiger partial charge in [-0.25, -0.2) is 0 Å². The average Bonchev–Trinajstić information content (AvgIpc) is 2.39. The maximum absolute atomic E-state index is 4.44. The highest BCUT2D eigenvalue weighted by molar-refractivity contribution is 5.77. The number of nitrogens with zero attached hydrogens (tertiary/aromatic N) is 3. The lowest BCUT2D eigenvalue weighted by Gasteiger charge is -2.18. The van der Waals surface area contributed by atoms with Gasteiger partial charge >= 0.3 is 0 Å². The number of nitrogens with one attached hydrogen (secondary N) is 1. The molecule has 0 saturated carbocycles. The van der Waals surface area contributed by atoms with Crippen molar-refractivity contribution in [2.24, 2.45) is 0 Å². The van der Waals surface area contributed by atoms with Gasteiger partial charge in [0.25, 0.3) is 0 Å². The monoisotopic (exact) mass is 258 g/mol. The molecule has 0 aliphatic heterocycles. The Kier molecular flexibility index (Phi) is 4.82. The van der Waals surface area contributed by atoms with Crippen molar-refractivity contribution in [3.05, 3.63) is 36.2 Å². The van der Waals surface area contributed by atoms with Crippen molar-refractivity contribution < 1.29 is 0 Å². The van der Waals surface area contributed by atoms with Crippen LogP contribution in [-0.2, 0) is 6.54 Å². The lowest BCUT2D eigenvalue weighted by atomic mass is 10.1. The molecule has 102 valence electrons. The van der Waals surface area contributed by atoms with Crippen molar-refractivity contribution >= 4 is 11.0 Å². The van der Waals surface area contributed by atoms with E-state index in [0.717, 1.165) is 30.7 Å². The van der Waals surface area contributed by atoms with Crippen LogP contribution in [0.3, 0.4) is 0 Å². The quantitative estimate of drug-likeness (QED) is 0.861. The van der Waals surface area contributed by atoms with Gasteiger partial charge in [-0.2, -0.15) is 0 Å². The maximum Gasteiger partial charge on any atom is 0.0931 e. The smallest absolute Gasteiger partial charge is 0.0931 e. The maximum atomic E-state index is 4.44. The molecule has 0 fully saturated rings. The fourth-order valence-electron chi connectivity index (χ4n) is 2.09. The van der Waals surface area contributed by atoms with Gasteiger partial charge < -0.3 is 10.2 Å². The molecule has 0 bridgehead atoms. The van der Waals surface area contributed by atoms with Crippen LogP contribution in [0.25, 0.3) is 11.0 Å². The van der Waals surface area contributed by atoms with E-state index in [2.05, 4.69) is 47.1 Å². The van der Waals surface area contributed by atoms with Crippen LogP contribution >= 0.6 is 0 Å². The van der Waals surface area contributed by atoms with E-state index in [1.807, 2.05) is 12.1 Å². The molecule has 2 rings (SSSR count). The van der Waals surface area contributed by atoms with Crippen molar-refractivity contribution in [3.8, 4) is 0 Å². The summed E-state index contributed by atoms with van der Waals surface area (Å²) in [5.74, 6) is 0. The molecule has 1 aromatic carbocycles. The lowest BCUT2D eigenvalue weighted by Crippen LogP contribution is -2.32. The number of hydrogen-bond acceptors (Lipinski definition) is 4.